The number of sulfonamides is 1. The second kappa shape index (κ2) is 9.24. The van der Waals surface area contributed by atoms with Crippen LogP contribution in [0.5, 0.6) is 10.8 Å². The van der Waals surface area contributed by atoms with Crippen molar-refractivity contribution in [1.82, 2.24) is 4.72 Å². The molecule has 0 aliphatic carbocycles. The van der Waals surface area contributed by atoms with Crippen molar-refractivity contribution in [2.75, 3.05) is 0 Å². The molecule has 0 radical (unpaired) electrons. The zero-order valence-corrected chi connectivity index (χ0v) is 20.4. The molecule has 0 fully saturated rings. The highest BCUT2D eigenvalue weighted by atomic mass is 35.5. The fourth-order valence-corrected chi connectivity index (χ4v) is 6.15. The minimum absolute atomic E-state index is 0.120. The Kier molecular flexibility index (Phi) is 6.58. The normalized spacial score (nSPS) is 11.9. The van der Waals surface area contributed by atoms with Crippen molar-refractivity contribution >= 4 is 43.7 Å². The molecule has 3 aromatic carbocycles. The molecular formula is C25H24ClNO3S2. The average molecular weight is 486 g/mol. The highest BCUT2D eigenvalue weighted by molar-refractivity contribution is 7.91. The summed E-state index contributed by atoms with van der Waals surface area (Å²) >= 11 is 7.35. The van der Waals surface area contributed by atoms with Crippen LogP contribution in [0.15, 0.2) is 70.9 Å². The Morgan fingerprint density at radius 3 is 2.56 bits per heavy atom. The van der Waals surface area contributed by atoms with Crippen LogP contribution in [0.1, 0.15) is 36.5 Å². The Hall–Kier alpha value is -2.38. The largest absolute Gasteiger partial charge is 0.445 e. The van der Waals surface area contributed by atoms with Gasteiger partial charge in [-0.15, -0.1) is 0 Å². The first-order valence-corrected chi connectivity index (χ1v) is 13.0. The van der Waals surface area contributed by atoms with Gasteiger partial charge in [0, 0.05) is 6.54 Å². The van der Waals surface area contributed by atoms with Gasteiger partial charge < -0.3 is 4.74 Å². The molecule has 0 atom stereocenters. The molecule has 0 unspecified atom stereocenters. The molecule has 0 saturated heterocycles. The van der Waals surface area contributed by atoms with E-state index >= 15 is 0 Å². The number of aryl methyl sites for hydroxylation is 1. The van der Waals surface area contributed by atoms with Crippen molar-refractivity contribution in [3.05, 3.63) is 88.4 Å². The van der Waals surface area contributed by atoms with E-state index in [4.69, 9.17) is 16.3 Å². The fourth-order valence-electron chi connectivity index (χ4n) is 3.50. The third kappa shape index (κ3) is 4.99. The lowest BCUT2D eigenvalue weighted by Gasteiger charge is -2.11. The maximum Gasteiger partial charge on any atom is 0.250 e. The first-order valence-electron chi connectivity index (χ1n) is 10.3. The molecule has 4 aromatic rings. The lowest BCUT2D eigenvalue weighted by atomic mass is 10.0. The van der Waals surface area contributed by atoms with Crippen molar-refractivity contribution in [3.8, 4) is 10.8 Å². The van der Waals surface area contributed by atoms with Crippen LogP contribution in [0.3, 0.4) is 0 Å². The molecule has 0 aliphatic heterocycles. The number of hydrogen-bond donors (Lipinski definition) is 1. The Labute approximate surface area is 197 Å². The van der Waals surface area contributed by atoms with Gasteiger partial charge in [-0.3, -0.25) is 0 Å². The van der Waals surface area contributed by atoms with Crippen molar-refractivity contribution in [3.63, 3.8) is 0 Å². The summed E-state index contributed by atoms with van der Waals surface area (Å²) in [4.78, 5) is 0. The Morgan fingerprint density at radius 2 is 1.78 bits per heavy atom. The summed E-state index contributed by atoms with van der Waals surface area (Å²) in [6.45, 7) is 6.42. The molecule has 7 heteroatoms. The van der Waals surface area contributed by atoms with Crippen LogP contribution < -0.4 is 9.46 Å². The van der Waals surface area contributed by atoms with E-state index in [9.17, 15) is 8.42 Å². The zero-order chi connectivity index (χ0) is 22.9. The molecule has 0 aliphatic rings. The van der Waals surface area contributed by atoms with E-state index in [0.29, 0.717) is 16.7 Å². The molecule has 1 N–H and O–H groups in total. The number of thiophene rings is 1. The van der Waals surface area contributed by atoms with Crippen LogP contribution in [0.2, 0.25) is 5.02 Å². The molecule has 1 aromatic heterocycles. The molecular weight excluding hydrogens is 462 g/mol. The van der Waals surface area contributed by atoms with Gasteiger partial charge >= 0.3 is 0 Å². The predicted molar refractivity (Wildman–Crippen MR) is 133 cm³/mol. The zero-order valence-electron chi connectivity index (χ0n) is 18.1. The molecule has 32 heavy (non-hydrogen) atoms. The van der Waals surface area contributed by atoms with Crippen LogP contribution >= 0.6 is 22.9 Å². The summed E-state index contributed by atoms with van der Waals surface area (Å²) < 4.78 is 34.7. The van der Waals surface area contributed by atoms with Crippen molar-refractivity contribution in [2.24, 2.45) is 0 Å². The maximum absolute atomic E-state index is 12.9. The third-order valence-corrected chi connectivity index (χ3v) is 8.46. The minimum Gasteiger partial charge on any atom is -0.445 e. The number of nitrogens with one attached hydrogen (secondary N) is 1. The SMILES string of the molecule is Cc1cc(Oc2sc(S(=O)(=O)NCc3cccc4ccccc34)cc2Cl)cc(C(C)C)c1. The number of hydrogen-bond acceptors (Lipinski definition) is 4. The average Bonchev–Trinajstić information content (AvgIpc) is 3.13. The van der Waals surface area contributed by atoms with E-state index in [0.717, 1.165) is 38.8 Å². The molecule has 0 bridgehead atoms. The maximum atomic E-state index is 12.9. The van der Waals surface area contributed by atoms with Crippen LogP contribution in [0.4, 0.5) is 0 Å². The molecule has 4 nitrogen and oxygen atoms in total. The number of ether oxygens (including phenoxy) is 1. The lowest BCUT2D eigenvalue weighted by Crippen LogP contribution is -2.22. The summed E-state index contributed by atoms with van der Waals surface area (Å²) in [6, 6.07) is 21.2. The Balaban J connectivity index is 1.55. The first-order chi connectivity index (χ1) is 15.2. The minimum atomic E-state index is -3.75. The van der Waals surface area contributed by atoms with Gasteiger partial charge in [0.1, 0.15) is 9.96 Å². The van der Waals surface area contributed by atoms with E-state index in [1.807, 2.05) is 61.5 Å². The topological polar surface area (TPSA) is 55.4 Å². The van der Waals surface area contributed by atoms with Crippen molar-refractivity contribution < 1.29 is 13.2 Å². The van der Waals surface area contributed by atoms with Crippen LogP contribution in [0.25, 0.3) is 10.8 Å². The van der Waals surface area contributed by atoms with E-state index < -0.39 is 10.0 Å². The van der Waals surface area contributed by atoms with Crippen molar-refractivity contribution in [2.45, 2.75) is 37.4 Å². The van der Waals surface area contributed by atoms with E-state index in [-0.39, 0.29) is 15.8 Å². The van der Waals surface area contributed by atoms with E-state index in [1.165, 1.54) is 6.07 Å². The van der Waals surface area contributed by atoms with Gasteiger partial charge in [0.25, 0.3) is 10.0 Å². The summed E-state index contributed by atoms with van der Waals surface area (Å²) in [6.07, 6.45) is 0. The molecule has 4 rings (SSSR count). The standard InChI is InChI=1S/C25H24ClNO3S2/c1-16(2)20-11-17(3)12-21(13-20)30-25-23(26)14-24(31-25)32(28,29)27-15-19-9-6-8-18-7-4-5-10-22(18)19/h4-14,16,27H,15H2,1-3H3. The molecule has 0 saturated carbocycles. The monoisotopic (exact) mass is 485 g/mol. The van der Waals surface area contributed by atoms with Crippen LogP contribution in [-0.2, 0) is 16.6 Å². The highest BCUT2D eigenvalue weighted by Crippen LogP contribution is 2.40. The highest BCUT2D eigenvalue weighted by Gasteiger charge is 2.21. The van der Waals surface area contributed by atoms with Crippen molar-refractivity contribution in [1.29, 1.82) is 0 Å². The molecule has 0 amide bonds. The summed E-state index contributed by atoms with van der Waals surface area (Å²) in [7, 11) is -3.75. The van der Waals surface area contributed by atoms with Gasteiger partial charge in [0.2, 0.25) is 5.06 Å². The Bertz CT molecular complexity index is 1370. The molecule has 0 spiro atoms. The third-order valence-electron chi connectivity index (χ3n) is 5.18. The summed E-state index contributed by atoms with van der Waals surface area (Å²) in [5.74, 6) is 0.996. The Morgan fingerprint density at radius 1 is 1.03 bits per heavy atom. The molecule has 1 heterocycles. The lowest BCUT2D eigenvalue weighted by molar-refractivity contribution is 0.495. The van der Waals surface area contributed by atoms with E-state index in [1.54, 1.807) is 0 Å². The van der Waals surface area contributed by atoms with E-state index in [2.05, 4.69) is 24.6 Å². The van der Waals surface area contributed by atoms with Crippen LogP contribution in [0, 0.1) is 6.92 Å². The van der Waals surface area contributed by atoms with Gasteiger partial charge in [-0.05, 0) is 58.5 Å². The first kappa shape index (κ1) is 22.8. The van der Waals surface area contributed by atoms with Crippen LogP contribution in [-0.4, -0.2) is 8.42 Å². The fraction of sp³-hybridized carbons (Fsp3) is 0.200. The second-order valence-electron chi connectivity index (χ2n) is 8.00. The quantitative estimate of drug-likeness (QED) is 0.299. The van der Waals surface area contributed by atoms with Gasteiger partial charge in [-0.25, -0.2) is 13.1 Å². The number of fused-ring (bicyclic) bond motifs is 1. The van der Waals surface area contributed by atoms with Gasteiger partial charge in [-0.2, -0.15) is 0 Å². The number of benzene rings is 3. The van der Waals surface area contributed by atoms with Gasteiger partial charge in [0.15, 0.2) is 0 Å². The predicted octanol–water partition coefficient (Wildman–Crippen LogP) is 7.26. The summed E-state index contributed by atoms with van der Waals surface area (Å²) in [5.41, 5.74) is 3.13. The number of halogens is 1. The number of rotatable bonds is 7. The van der Waals surface area contributed by atoms with Gasteiger partial charge in [-0.1, -0.05) is 85.3 Å². The van der Waals surface area contributed by atoms with Gasteiger partial charge in [0.05, 0.1) is 5.02 Å². The second-order valence-corrected chi connectivity index (χ2v) is 11.4. The summed E-state index contributed by atoms with van der Waals surface area (Å²) in [5, 5.41) is 2.72. The smallest absolute Gasteiger partial charge is 0.250 e. The molecule has 166 valence electrons.